The first-order chi connectivity index (χ1) is 15.8. The van der Waals surface area contributed by atoms with Crippen molar-refractivity contribution in [3.05, 3.63) is 71.9 Å². The van der Waals surface area contributed by atoms with Gasteiger partial charge in [0, 0.05) is 17.8 Å². The lowest BCUT2D eigenvalue weighted by molar-refractivity contribution is -0.137. The average molecular weight is 496 g/mol. The molecule has 0 unspecified atom stereocenters. The highest BCUT2D eigenvalue weighted by molar-refractivity contribution is 7.60. The first-order valence-corrected chi connectivity index (χ1v) is 11.4. The molecule has 0 radical (unpaired) electrons. The van der Waals surface area contributed by atoms with Gasteiger partial charge < -0.3 is 24.6 Å². The van der Waals surface area contributed by atoms with Gasteiger partial charge in [-0.1, -0.05) is 0 Å². The minimum atomic E-state index is -4.59. The highest BCUT2D eigenvalue weighted by Crippen LogP contribution is 2.35. The number of pyridine rings is 1. The summed E-state index contributed by atoms with van der Waals surface area (Å²) in [5.74, 6) is -0.385. The molecule has 2 aromatic carbocycles. The number of carbonyl (C=O) groups excluding carboxylic acids is 1. The smallest absolute Gasteiger partial charge is 0.416 e. The molecule has 0 fully saturated rings. The van der Waals surface area contributed by atoms with Crippen molar-refractivity contribution in [2.45, 2.75) is 26.1 Å². The number of carbonyl (C=O) groups is 1. The number of hydrogen-bond donors (Lipinski definition) is 3. The van der Waals surface area contributed by atoms with Crippen LogP contribution in [-0.4, -0.2) is 26.8 Å². The number of anilines is 1. The fraction of sp³-hybridized carbons (Fsp3) is 0.182. The lowest BCUT2D eigenvalue weighted by Crippen LogP contribution is -2.15. The predicted molar refractivity (Wildman–Crippen MR) is 118 cm³/mol. The molecule has 12 heteroatoms. The van der Waals surface area contributed by atoms with Crippen LogP contribution in [0.5, 0.6) is 17.2 Å². The third-order valence-electron chi connectivity index (χ3n) is 4.25. The van der Waals surface area contributed by atoms with Crippen molar-refractivity contribution in [3.63, 3.8) is 0 Å². The summed E-state index contributed by atoms with van der Waals surface area (Å²) in [6.07, 6.45) is -3.91. The summed E-state index contributed by atoms with van der Waals surface area (Å²) in [4.78, 5) is 34.9. The number of ether oxygens (including phenoxy) is 2. The van der Waals surface area contributed by atoms with Crippen LogP contribution in [-0.2, 0) is 10.7 Å². The molecule has 180 valence electrons. The van der Waals surface area contributed by atoms with Crippen LogP contribution in [0, 0.1) is 0 Å². The Hall–Kier alpha value is -3.40. The fourth-order valence-corrected chi connectivity index (χ4v) is 3.35. The molecule has 1 heterocycles. The second-order valence-electron chi connectivity index (χ2n) is 7.38. The van der Waals surface area contributed by atoms with Crippen LogP contribution in [0.4, 0.5) is 19.0 Å². The van der Waals surface area contributed by atoms with Crippen LogP contribution in [0.2, 0.25) is 0 Å². The van der Waals surface area contributed by atoms with Crippen molar-refractivity contribution in [2.75, 3.05) is 5.32 Å². The summed E-state index contributed by atoms with van der Waals surface area (Å²) in [5.41, 5.74) is -0.934. The van der Waals surface area contributed by atoms with Crippen LogP contribution in [0.25, 0.3) is 0 Å². The van der Waals surface area contributed by atoms with Crippen molar-refractivity contribution in [2.24, 2.45) is 0 Å². The van der Waals surface area contributed by atoms with Gasteiger partial charge in [0.15, 0.2) is 0 Å². The summed E-state index contributed by atoms with van der Waals surface area (Å²) in [5, 5.41) is 2.13. The van der Waals surface area contributed by atoms with E-state index in [0.29, 0.717) is 6.07 Å². The average Bonchev–Trinajstić information content (AvgIpc) is 2.72. The standard InChI is InChI=1S/C22H20F3N2O6P/c1-13(2)32-17-9-14(21(28)27-20-11-15(7-8-26-20)22(23,24)25)10-18(12-17)33-16-3-5-19(6-4-16)34(29,30)31/h3-13H,1-2H3,(H,26,27,28)(H2,29,30,31). The summed E-state index contributed by atoms with van der Waals surface area (Å²) in [6.45, 7) is 3.53. The van der Waals surface area contributed by atoms with Gasteiger partial charge in [0.05, 0.1) is 17.0 Å². The first-order valence-electron chi connectivity index (χ1n) is 9.81. The Morgan fingerprint density at radius 2 is 1.65 bits per heavy atom. The van der Waals surface area contributed by atoms with E-state index < -0.39 is 25.2 Å². The molecule has 0 aliphatic carbocycles. The maximum absolute atomic E-state index is 12.9. The van der Waals surface area contributed by atoms with E-state index in [9.17, 15) is 32.3 Å². The number of halogens is 3. The van der Waals surface area contributed by atoms with E-state index >= 15 is 0 Å². The van der Waals surface area contributed by atoms with E-state index in [1.165, 1.54) is 42.5 Å². The van der Waals surface area contributed by atoms with Crippen molar-refractivity contribution < 1.29 is 41.8 Å². The van der Waals surface area contributed by atoms with Gasteiger partial charge in [0.2, 0.25) is 0 Å². The Morgan fingerprint density at radius 3 is 2.24 bits per heavy atom. The van der Waals surface area contributed by atoms with E-state index in [2.05, 4.69) is 10.3 Å². The minimum absolute atomic E-state index is 0.0270. The Bertz CT molecular complexity index is 1230. The molecule has 3 aromatic rings. The third kappa shape index (κ3) is 6.80. The number of nitrogens with one attached hydrogen (secondary N) is 1. The van der Waals surface area contributed by atoms with Gasteiger partial charge >= 0.3 is 13.8 Å². The van der Waals surface area contributed by atoms with E-state index in [0.717, 1.165) is 12.3 Å². The van der Waals surface area contributed by atoms with Gasteiger partial charge in [-0.05, 0) is 62.4 Å². The maximum Gasteiger partial charge on any atom is 0.416 e. The Kier molecular flexibility index (Phi) is 7.30. The summed E-state index contributed by atoms with van der Waals surface area (Å²) >= 11 is 0. The van der Waals surface area contributed by atoms with Gasteiger partial charge in [0.25, 0.3) is 5.91 Å². The molecule has 0 bridgehead atoms. The SMILES string of the molecule is CC(C)Oc1cc(Oc2ccc(P(=O)(O)O)cc2)cc(C(=O)Nc2cc(C(F)(F)F)ccn2)c1. The third-order valence-corrected chi connectivity index (χ3v) is 5.22. The molecule has 0 aliphatic heterocycles. The van der Waals surface area contributed by atoms with Crippen LogP contribution < -0.4 is 20.1 Å². The topological polar surface area (TPSA) is 118 Å². The number of amides is 1. The molecular formula is C22H20F3N2O6P. The lowest BCUT2D eigenvalue weighted by atomic mass is 10.1. The van der Waals surface area contributed by atoms with Crippen molar-refractivity contribution in [1.29, 1.82) is 0 Å². The van der Waals surface area contributed by atoms with Gasteiger partial charge in [-0.2, -0.15) is 13.2 Å². The molecule has 0 spiro atoms. The molecule has 0 aliphatic rings. The van der Waals surface area contributed by atoms with Crippen LogP contribution in [0.15, 0.2) is 60.8 Å². The molecular weight excluding hydrogens is 476 g/mol. The number of hydrogen-bond acceptors (Lipinski definition) is 5. The number of rotatable bonds is 7. The minimum Gasteiger partial charge on any atom is -0.491 e. The number of nitrogens with zero attached hydrogens (tertiary/aromatic N) is 1. The van der Waals surface area contributed by atoms with Gasteiger partial charge in [-0.25, -0.2) is 4.98 Å². The quantitative estimate of drug-likeness (QED) is 0.405. The van der Waals surface area contributed by atoms with Gasteiger partial charge in [-0.15, -0.1) is 0 Å². The van der Waals surface area contributed by atoms with Crippen molar-refractivity contribution in [1.82, 2.24) is 4.98 Å². The van der Waals surface area contributed by atoms with Gasteiger partial charge in [0.1, 0.15) is 23.1 Å². The highest BCUT2D eigenvalue weighted by atomic mass is 31.2. The highest BCUT2D eigenvalue weighted by Gasteiger charge is 2.31. The zero-order valence-electron chi connectivity index (χ0n) is 17.9. The molecule has 8 nitrogen and oxygen atoms in total. The molecule has 0 saturated heterocycles. The van der Waals surface area contributed by atoms with E-state index in [1.54, 1.807) is 13.8 Å². The molecule has 3 rings (SSSR count). The Labute approximate surface area is 192 Å². The van der Waals surface area contributed by atoms with E-state index in [1.807, 2.05) is 0 Å². The monoisotopic (exact) mass is 496 g/mol. The summed E-state index contributed by atoms with van der Waals surface area (Å²) in [7, 11) is -4.42. The first kappa shape index (κ1) is 25.2. The zero-order valence-corrected chi connectivity index (χ0v) is 18.8. The van der Waals surface area contributed by atoms with Crippen LogP contribution in [0.3, 0.4) is 0 Å². The van der Waals surface area contributed by atoms with E-state index in [4.69, 9.17) is 9.47 Å². The molecule has 1 amide bonds. The Morgan fingerprint density at radius 1 is 1.00 bits per heavy atom. The van der Waals surface area contributed by atoms with Gasteiger partial charge in [-0.3, -0.25) is 9.36 Å². The fourth-order valence-electron chi connectivity index (χ4n) is 2.81. The zero-order chi connectivity index (χ0) is 25.1. The molecule has 3 N–H and O–H groups in total. The number of aromatic nitrogens is 1. The lowest BCUT2D eigenvalue weighted by Gasteiger charge is -2.15. The second kappa shape index (κ2) is 9.84. The predicted octanol–water partition coefficient (Wildman–Crippen LogP) is 4.74. The molecule has 0 saturated carbocycles. The van der Waals surface area contributed by atoms with Crippen molar-refractivity contribution in [3.8, 4) is 17.2 Å². The molecule has 34 heavy (non-hydrogen) atoms. The second-order valence-corrected chi connectivity index (χ2v) is 8.99. The van der Waals surface area contributed by atoms with E-state index in [-0.39, 0.29) is 40.0 Å². The molecule has 1 aromatic heterocycles. The van der Waals surface area contributed by atoms with Crippen LogP contribution >= 0.6 is 7.60 Å². The van der Waals surface area contributed by atoms with Crippen molar-refractivity contribution >= 4 is 24.6 Å². The summed E-state index contributed by atoms with van der Waals surface area (Å²) < 4.78 is 61.5. The largest absolute Gasteiger partial charge is 0.491 e. The number of benzene rings is 2. The normalized spacial score (nSPS) is 11.9. The maximum atomic E-state index is 12.9. The number of alkyl halides is 3. The Balaban J connectivity index is 1.88. The summed E-state index contributed by atoms with van der Waals surface area (Å²) in [6, 6.07) is 10.8. The van der Waals surface area contributed by atoms with Crippen LogP contribution in [0.1, 0.15) is 29.8 Å². The molecule has 0 atom stereocenters.